The average molecular weight is 270 g/mol. The molecule has 0 radical (unpaired) electrons. The Morgan fingerprint density at radius 3 is 2.06 bits per heavy atom. The lowest BCUT2D eigenvalue weighted by molar-refractivity contribution is -0.224. The van der Waals surface area contributed by atoms with Crippen LogP contribution in [0.3, 0.4) is 0 Å². The predicted octanol–water partition coefficient (Wildman–Crippen LogP) is 4.07. The molecule has 0 saturated carbocycles. The maximum Gasteiger partial charge on any atom is 0.414 e. The topological polar surface area (TPSA) is 29.5 Å². The van der Waals surface area contributed by atoms with Crippen LogP contribution in [0.2, 0.25) is 0 Å². The quantitative estimate of drug-likeness (QED) is 0.573. The Bertz CT molecular complexity index is 184. The zero-order chi connectivity index (χ0) is 13.9. The summed E-state index contributed by atoms with van der Waals surface area (Å²) in [6.45, 7) is 1.77. The van der Waals surface area contributed by atoms with Gasteiger partial charge in [0.1, 0.15) is 0 Å². The Hall–Kier alpha value is -0.290. The van der Waals surface area contributed by atoms with E-state index in [-0.39, 0.29) is 13.0 Å². The van der Waals surface area contributed by atoms with Crippen molar-refractivity contribution >= 4 is 0 Å². The third-order valence-electron chi connectivity index (χ3n) is 2.82. The lowest BCUT2D eigenvalue weighted by Gasteiger charge is -2.19. The molecule has 1 unspecified atom stereocenters. The first kappa shape index (κ1) is 17.7. The van der Waals surface area contributed by atoms with Gasteiger partial charge in [-0.2, -0.15) is 13.2 Å². The summed E-state index contributed by atoms with van der Waals surface area (Å²) in [5.74, 6) is 0. The minimum Gasteiger partial charge on any atom is -0.396 e. The van der Waals surface area contributed by atoms with Crippen LogP contribution >= 0.6 is 0 Å². The summed E-state index contributed by atoms with van der Waals surface area (Å²) in [6.07, 6.45) is 0.824. The summed E-state index contributed by atoms with van der Waals surface area (Å²) in [5, 5.41) is 8.54. The van der Waals surface area contributed by atoms with E-state index < -0.39 is 18.9 Å². The Morgan fingerprint density at radius 1 is 1.00 bits per heavy atom. The van der Waals surface area contributed by atoms with Crippen molar-refractivity contribution in [2.75, 3.05) is 13.2 Å². The van der Waals surface area contributed by atoms with Gasteiger partial charge in [-0.3, -0.25) is 0 Å². The molecule has 0 amide bonds. The van der Waals surface area contributed by atoms with Crippen LogP contribution in [0.4, 0.5) is 13.2 Å². The number of unbranched alkanes of at least 4 members (excludes halogenated alkanes) is 6. The second-order valence-electron chi connectivity index (χ2n) is 4.53. The highest BCUT2D eigenvalue weighted by molar-refractivity contribution is 4.67. The van der Waals surface area contributed by atoms with E-state index in [9.17, 15) is 13.2 Å². The fourth-order valence-corrected chi connectivity index (χ4v) is 1.74. The van der Waals surface area contributed by atoms with Crippen molar-refractivity contribution in [2.45, 2.75) is 70.6 Å². The van der Waals surface area contributed by atoms with Crippen LogP contribution in [0.1, 0.15) is 58.3 Å². The molecule has 110 valence electrons. The second kappa shape index (κ2) is 10.6. The molecule has 1 atom stereocenters. The number of hydrogen-bond acceptors (Lipinski definition) is 2. The molecule has 0 saturated heterocycles. The van der Waals surface area contributed by atoms with Crippen LogP contribution < -0.4 is 0 Å². The molecule has 0 aromatic rings. The van der Waals surface area contributed by atoms with Gasteiger partial charge in [-0.15, -0.1) is 0 Å². The Labute approximate surface area is 108 Å². The Kier molecular flexibility index (Phi) is 10.4. The van der Waals surface area contributed by atoms with Crippen molar-refractivity contribution < 1.29 is 23.0 Å². The van der Waals surface area contributed by atoms with Gasteiger partial charge in [-0.1, -0.05) is 45.4 Å². The lowest BCUT2D eigenvalue weighted by Crippen LogP contribution is -2.32. The summed E-state index contributed by atoms with van der Waals surface area (Å²) in [7, 11) is 0. The first-order chi connectivity index (χ1) is 8.52. The fourth-order valence-electron chi connectivity index (χ4n) is 1.74. The molecule has 0 fully saturated rings. The molecule has 0 rings (SSSR count). The van der Waals surface area contributed by atoms with E-state index in [0.29, 0.717) is 6.42 Å². The molecule has 5 heteroatoms. The van der Waals surface area contributed by atoms with Crippen LogP contribution in [0.5, 0.6) is 0 Å². The smallest absolute Gasteiger partial charge is 0.396 e. The third kappa shape index (κ3) is 9.71. The van der Waals surface area contributed by atoms with Gasteiger partial charge in [0.05, 0.1) is 0 Å². The van der Waals surface area contributed by atoms with E-state index >= 15 is 0 Å². The van der Waals surface area contributed by atoms with Crippen molar-refractivity contribution in [3.8, 4) is 0 Å². The molecule has 0 heterocycles. The molecule has 0 aliphatic carbocycles. The summed E-state index contributed by atoms with van der Waals surface area (Å²) in [5.41, 5.74) is 0. The van der Waals surface area contributed by atoms with Gasteiger partial charge in [0.2, 0.25) is 0 Å². The highest BCUT2D eigenvalue weighted by Crippen LogP contribution is 2.25. The van der Waals surface area contributed by atoms with E-state index in [1.165, 1.54) is 19.3 Å². The van der Waals surface area contributed by atoms with Crippen molar-refractivity contribution in [3.63, 3.8) is 0 Å². The molecular weight excluding hydrogens is 245 g/mol. The second-order valence-corrected chi connectivity index (χ2v) is 4.53. The van der Waals surface area contributed by atoms with Crippen LogP contribution in [0.15, 0.2) is 0 Å². The first-order valence-electron chi connectivity index (χ1n) is 6.81. The largest absolute Gasteiger partial charge is 0.414 e. The summed E-state index contributed by atoms with van der Waals surface area (Å²) in [4.78, 5) is 0. The Morgan fingerprint density at radius 2 is 1.56 bits per heavy atom. The van der Waals surface area contributed by atoms with Crippen LogP contribution in [-0.4, -0.2) is 30.6 Å². The van der Waals surface area contributed by atoms with E-state index in [1.54, 1.807) is 0 Å². The van der Waals surface area contributed by atoms with Gasteiger partial charge in [0.25, 0.3) is 0 Å². The van der Waals surface area contributed by atoms with Crippen LogP contribution in [-0.2, 0) is 4.74 Å². The van der Waals surface area contributed by atoms with Crippen molar-refractivity contribution in [1.29, 1.82) is 0 Å². The Balaban J connectivity index is 3.50. The van der Waals surface area contributed by atoms with Gasteiger partial charge < -0.3 is 9.84 Å². The lowest BCUT2D eigenvalue weighted by atomic mass is 10.1. The fraction of sp³-hybridized carbons (Fsp3) is 1.00. The van der Waals surface area contributed by atoms with Crippen molar-refractivity contribution in [1.82, 2.24) is 0 Å². The standard InChI is InChI=1S/C13H25F3O2/c1-2-3-4-5-6-7-8-11-18-12(9-10-17)13(14,15)16/h12,17H,2-11H2,1H3. The maximum absolute atomic E-state index is 12.4. The van der Waals surface area contributed by atoms with E-state index in [4.69, 9.17) is 9.84 Å². The number of rotatable bonds is 11. The van der Waals surface area contributed by atoms with Gasteiger partial charge in [0, 0.05) is 19.6 Å². The minimum atomic E-state index is -4.37. The zero-order valence-corrected chi connectivity index (χ0v) is 11.1. The molecule has 18 heavy (non-hydrogen) atoms. The zero-order valence-electron chi connectivity index (χ0n) is 11.1. The average Bonchev–Trinajstić information content (AvgIpc) is 2.30. The maximum atomic E-state index is 12.4. The normalized spacial score (nSPS) is 13.8. The molecular formula is C13H25F3O2. The van der Waals surface area contributed by atoms with Gasteiger partial charge in [0.15, 0.2) is 6.10 Å². The monoisotopic (exact) mass is 270 g/mol. The van der Waals surface area contributed by atoms with Crippen LogP contribution in [0, 0.1) is 0 Å². The molecule has 2 nitrogen and oxygen atoms in total. The van der Waals surface area contributed by atoms with E-state index in [0.717, 1.165) is 19.3 Å². The number of aliphatic hydroxyl groups excluding tert-OH is 1. The van der Waals surface area contributed by atoms with E-state index in [1.807, 2.05) is 0 Å². The van der Waals surface area contributed by atoms with Crippen molar-refractivity contribution in [2.24, 2.45) is 0 Å². The number of alkyl halides is 3. The third-order valence-corrected chi connectivity index (χ3v) is 2.82. The van der Waals surface area contributed by atoms with Gasteiger partial charge in [-0.25, -0.2) is 0 Å². The molecule has 1 N–H and O–H groups in total. The van der Waals surface area contributed by atoms with Crippen molar-refractivity contribution in [3.05, 3.63) is 0 Å². The number of aliphatic hydroxyl groups is 1. The molecule has 0 aliphatic heterocycles. The predicted molar refractivity (Wildman–Crippen MR) is 65.5 cm³/mol. The SMILES string of the molecule is CCCCCCCCCOC(CCO)C(F)(F)F. The minimum absolute atomic E-state index is 0.123. The van der Waals surface area contributed by atoms with Crippen LogP contribution in [0.25, 0.3) is 0 Å². The summed E-state index contributed by atoms with van der Waals surface area (Å²) >= 11 is 0. The molecule has 0 aromatic heterocycles. The highest BCUT2D eigenvalue weighted by atomic mass is 19.4. The molecule has 0 aromatic carbocycles. The number of halogens is 3. The molecule has 0 spiro atoms. The molecule has 0 aliphatic rings. The molecule has 0 bridgehead atoms. The first-order valence-corrected chi connectivity index (χ1v) is 6.81. The summed E-state index contributed by atoms with van der Waals surface area (Å²) < 4.78 is 41.9. The van der Waals surface area contributed by atoms with E-state index in [2.05, 4.69) is 6.92 Å². The number of ether oxygens (including phenoxy) is 1. The van der Waals surface area contributed by atoms with Gasteiger partial charge >= 0.3 is 6.18 Å². The summed E-state index contributed by atoms with van der Waals surface area (Å²) in [6, 6.07) is 0. The highest BCUT2D eigenvalue weighted by Gasteiger charge is 2.39. The van der Waals surface area contributed by atoms with Gasteiger partial charge in [-0.05, 0) is 6.42 Å². The number of hydrogen-bond donors (Lipinski definition) is 1.